The van der Waals surface area contributed by atoms with Crippen LogP contribution in [0.25, 0.3) is 6.08 Å². The van der Waals surface area contributed by atoms with E-state index in [0.717, 1.165) is 24.2 Å². The van der Waals surface area contributed by atoms with Gasteiger partial charge in [0.1, 0.15) is 0 Å². The topological polar surface area (TPSA) is 15.6 Å². The molecule has 1 atom stereocenters. The molecule has 1 unspecified atom stereocenters. The maximum Gasteiger partial charge on any atom is 0.0831 e. The van der Waals surface area contributed by atoms with Crippen molar-refractivity contribution in [2.45, 2.75) is 111 Å². The number of nitrogens with zero attached hydrogens (tertiary/aromatic N) is 2. The minimum absolute atomic E-state index is 0.115. The van der Waals surface area contributed by atoms with E-state index < -0.39 is 0 Å². The van der Waals surface area contributed by atoms with Gasteiger partial charge >= 0.3 is 0 Å². The number of anilines is 1. The first-order chi connectivity index (χ1) is 18.9. The lowest BCUT2D eigenvalue weighted by atomic mass is 9.72. The zero-order chi connectivity index (χ0) is 30.2. The maximum atomic E-state index is 5.17. The van der Waals surface area contributed by atoms with Crippen molar-refractivity contribution in [3.63, 3.8) is 0 Å². The molecule has 2 heteroatoms. The molecule has 4 rings (SSSR count). The van der Waals surface area contributed by atoms with Crippen LogP contribution < -0.4 is 5.01 Å². The number of hydrazone groups is 1. The van der Waals surface area contributed by atoms with Crippen LogP contribution in [-0.2, 0) is 16.2 Å². The fraction of sp³-hybridized carbons (Fsp3) is 0.462. The Kier molecular flexibility index (Phi) is 8.47. The van der Waals surface area contributed by atoms with E-state index in [0.29, 0.717) is 0 Å². The van der Waals surface area contributed by atoms with Crippen molar-refractivity contribution >= 4 is 17.5 Å². The van der Waals surface area contributed by atoms with Gasteiger partial charge in [0, 0.05) is 6.42 Å². The van der Waals surface area contributed by atoms with Crippen LogP contribution in [0.5, 0.6) is 0 Å². The van der Waals surface area contributed by atoms with Crippen molar-refractivity contribution < 1.29 is 0 Å². The van der Waals surface area contributed by atoms with Gasteiger partial charge in [-0.1, -0.05) is 143 Å². The van der Waals surface area contributed by atoms with E-state index in [1.807, 2.05) is 0 Å². The molecule has 3 aromatic carbocycles. The molecule has 1 aliphatic rings. The second-order valence-electron chi connectivity index (χ2n) is 15.9. The maximum absolute atomic E-state index is 5.17. The summed E-state index contributed by atoms with van der Waals surface area (Å²) in [6.45, 7) is 25.3. The van der Waals surface area contributed by atoms with E-state index in [-0.39, 0.29) is 27.7 Å². The molecule has 0 bridgehead atoms. The quantitative estimate of drug-likeness (QED) is 0.299. The van der Waals surface area contributed by atoms with Gasteiger partial charge < -0.3 is 0 Å². The van der Waals surface area contributed by atoms with Crippen LogP contribution in [0.2, 0.25) is 0 Å². The van der Waals surface area contributed by atoms with Gasteiger partial charge in [-0.3, -0.25) is 5.01 Å². The molecular weight excluding hydrogens is 496 g/mol. The Labute approximate surface area is 250 Å². The van der Waals surface area contributed by atoms with E-state index in [9.17, 15) is 0 Å². The predicted octanol–water partition coefficient (Wildman–Crippen LogP) is 11.0. The average molecular weight is 549 g/mol. The molecule has 0 amide bonds. The highest BCUT2D eigenvalue weighted by molar-refractivity contribution is 6.01. The lowest BCUT2D eigenvalue weighted by Gasteiger charge is -2.33. The molecule has 0 aromatic heterocycles. The van der Waals surface area contributed by atoms with Gasteiger partial charge in [0.25, 0.3) is 0 Å². The van der Waals surface area contributed by atoms with Gasteiger partial charge in [-0.15, -0.1) is 0 Å². The van der Waals surface area contributed by atoms with Crippen LogP contribution in [0.15, 0.2) is 84.0 Å². The summed E-state index contributed by atoms with van der Waals surface area (Å²) in [6, 6.07) is 27.4. The molecule has 0 radical (unpaired) electrons. The summed E-state index contributed by atoms with van der Waals surface area (Å²) >= 11 is 0. The van der Waals surface area contributed by atoms with Gasteiger partial charge in [-0.2, -0.15) is 5.10 Å². The molecule has 3 aromatic rings. The second kappa shape index (κ2) is 11.3. The highest BCUT2D eigenvalue weighted by atomic mass is 15.5. The first kappa shape index (κ1) is 30.8. The van der Waals surface area contributed by atoms with Crippen molar-refractivity contribution in [1.82, 2.24) is 0 Å². The number of hydrogen-bond donors (Lipinski definition) is 0. The molecule has 0 fully saturated rings. The Morgan fingerprint density at radius 1 is 0.634 bits per heavy atom. The molecule has 0 saturated carbocycles. The fourth-order valence-electron chi connectivity index (χ4n) is 6.12. The number of allylic oxidation sites excluding steroid dienone is 1. The SMILES string of the molecule is CC(C)(C)CC(C)(C)c1ccc(N2N=C(C=Cc3ccc(C(C)(C)C)cc3)CC2c2ccc(C(C)(C)C)cc2)cc1. The van der Waals surface area contributed by atoms with Crippen LogP contribution in [-0.4, -0.2) is 5.71 Å². The average Bonchev–Trinajstić information content (AvgIpc) is 3.30. The predicted molar refractivity (Wildman–Crippen MR) is 180 cm³/mol. The lowest BCUT2D eigenvalue weighted by molar-refractivity contribution is 0.284. The molecule has 0 aliphatic carbocycles. The van der Waals surface area contributed by atoms with E-state index in [1.165, 1.54) is 27.8 Å². The van der Waals surface area contributed by atoms with Crippen molar-refractivity contribution in [1.29, 1.82) is 0 Å². The Balaban J connectivity index is 1.64. The lowest BCUT2D eigenvalue weighted by Crippen LogP contribution is -2.25. The van der Waals surface area contributed by atoms with E-state index >= 15 is 0 Å². The fourth-order valence-corrected chi connectivity index (χ4v) is 6.12. The van der Waals surface area contributed by atoms with Gasteiger partial charge in [0.15, 0.2) is 0 Å². The van der Waals surface area contributed by atoms with Crippen molar-refractivity contribution in [2.75, 3.05) is 5.01 Å². The Bertz CT molecular complexity index is 1360. The number of rotatable bonds is 6. The summed E-state index contributed by atoms with van der Waals surface area (Å²) < 4.78 is 0. The first-order valence-corrected chi connectivity index (χ1v) is 15.3. The molecule has 41 heavy (non-hydrogen) atoms. The minimum atomic E-state index is 0.115. The van der Waals surface area contributed by atoms with Crippen LogP contribution in [0.3, 0.4) is 0 Å². The third-order valence-corrected chi connectivity index (χ3v) is 8.23. The van der Waals surface area contributed by atoms with Crippen molar-refractivity contribution in [3.8, 4) is 0 Å². The summed E-state index contributed by atoms with van der Waals surface area (Å²) in [5.41, 5.74) is 9.53. The monoisotopic (exact) mass is 548 g/mol. The molecule has 1 heterocycles. The largest absolute Gasteiger partial charge is 0.257 e. The van der Waals surface area contributed by atoms with Crippen molar-refractivity contribution in [3.05, 3.63) is 107 Å². The van der Waals surface area contributed by atoms with Gasteiger partial charge in [-0.05, 0) is 74.1 Å². The Hall–Kier alpha value is -3.13. The first-order valence-electron chi connectivity index (χ1n) is 15.3. The summed E-state index contributed by atoms with van der Waals surface area (Å²) in [7, 11) is 0. The third kappa shape index (κ3) is 7.79. The van der Waals surface area contributed by atoms with Crippen LogP contribution in [0, 0.1) is 5.41 Å². The van der Waals surface area contributed by atoms with Gasteiger partial charge in [-0.25, -0.2) is 0 Å². The van der Waals surface area contributed by atoms with Gasteiger partial charge in [0.05, 0.1) is 17.4 Å². The summed E-state index contributed by atoms with van der Waals surface area (Å²) in [6.07, 6.45) is 6.41. The zero-order valence-electron chi connectivity index (χ0n) is 27.5. The molecular formula is C39H52N2. The van der Waals surface area contributed by atoms with Gasteiger partial charge in [0.2, 0.25) is 0 Å². The van der Waals surface area contributed by atoms with E-state index in [4.69, 9.17) is 5.10 Å². The highest BCUT2D eigenvalue weighted by Crippen LogP contribution is 2.40. The van der Waals surface area contributed by atoms with E-state index in [1.54, 1.807) is 0 Å². The highest BCUT2D eigenvalue weighted by Gasteiger charge is 2.30. The standard InChI is InChI=1S/C39H52N2/c1-36(2,3)27-39(10,11)32-21-24-34(25-22-32)41-35(29-15-19-31(20-16-29)38(7,8)9)26-33(40-41)23-14-28-12-17-30(18-13-28)37(4,5)6/h12-25,35H,26-27H2,1-11H3. The third-order valence-electron chi connectivity index (χ3n) is 8.23. The number of hydrogen-bond acceptors (Lipinski definition) is 2. The summed E-state index contributed by atoms with van der Waals surface area (Å²) in [5, 5.41) is 7.40. The normalized spacial score (nSPS) is 16.9. The smallest absolute Gasteiger partial charge is 0.0831 e. The molecule has 0 spiro atoms. The van der Waals surface area contributed by atoms with Crippen molar-refractivity contribution in [2.24, 2.45) is 10.5 Å². The van der Waals surface area contributed by atoms with Crippen LogP contribution in [0.4, 0.5) is 5.69 Å². The van der Waals surface area contributed by atoms with Crippen LogP contribution >= 0.6 is 0 Å². The molecule has 218 valence electrons. The van der Waals surface area contributed by atoms with Crippen LogP contribution in [0.1, 0.15) is 123 Å². The molecule has 0 saturated heterocycles. The van der Waals surface area contributed by atoms with E-state index in [2.05, 4.69) is 166 Å². The molecule has 1 aliphatic heterocycles. The molecule has 2 nitrogen and oxygen atoms in total. The Morgan fingerprint density at radius 2 is 1.12 bits per heavy atom. The Morgan fingerprint density at radius 3 is 1.61 bits per heavy atom. The minimum Gasteiger partial charge on any atom is -0.257 e. The number of benzene rings is 3. The summed E-state index contributed by atoms with van der Waals surface area (Å²) in [5.74, 6) is 0. The zero-order valence-corrected chi connectivity index (χ0v) is 27.5. The summed E-state index contributed by atoms with van der Waals surface area (Å²) in [4.78, 5) is 0. The molecule has 0 N–H and O–H groups in total. The second-order valence-corrected chi connectivity index (χ2v) is 15.9.